The summed E-state index contributed by atoms with van der Waals surface area (Å²) in [6.07, 6.45) is 0.730. The van der Waals surface area contributed by atoms with E-state index in [-0.39, 0.29) is 36.2 Å². The molecule has 3 rings (SSSR count). The fraction of sp³-hybridized carbons (Fsp3) is 0.409. The SMILES string of the molecule is COCCC(=O)NC1(C)C[C@@H](c2ccc(F)cc2)O[C@@H](c2ccc(F)cc2)C1. The molecule has 1 unspecified atom stereocenters. The lowest BCUT2D eigenvalue weighted by atomic mass is 9.81. The fourth-order valence-corrected chi connectivity index (χ4v) is 3.64. The van der Waals surface area contributed by atoms with Gasteiger partial charge in [-0.1, -0.05) is 24.3 Å². The van der Waals surface area contributed by atoms with E-state index in [2.05, 4.69) is 5.32 Å². The minimum absolute atomic E-state index is 0.0954. The second kappa shape index (κ2) is 8.80. The van der Waals surface area contributed by atoms with Crippen LogP contribution in [0.15, 0.2) is 48.5 Å². The molecule has 1 aliphatic heterocycles. The van der Waals surface area contributed by atoms with Gasteiger partial charge in [0, 0.05) is 31.9 Å². The van der Waals surface area contributed by atoms with Gasteiger partial charge in [0.2, 0.25) is 5.91 Å². The van der Waals surface area contributed by atoms with Crippen LogP contribution in [0.2, 0.25) is 0 Å². The third-order valence-corrected chi connectivity index (χ3v) is 5.06. The molecule has 0 spiro atoms. The van der Waals surface area contributed by atoms with Crippen molar-refractivity contribution in [3.8, 4) is 0 Å². The summed E-state index contributed by atoms with van der Waals surface area (Å²) in [6, 6.07) is 12.4. The number of rotatable bonds is 6. The van der Waals surface area contributed by atoms with Crippen molar-refractivity contribution in [2.75, 3.05) is 13.7 Å². The minimum Gasteiger partial charge on any atom is -0.384 e. The van der Waals surface area contributed by atoms with Gasteiger partial charge in [-0.3, -0.25) is 4.79 Å². The van der Waals surface area contributed by atoms with Crippen molar-refractivity contribution in [3.05, 3.63) is 71.3 Å². The lowest BCUT2D eigenvalue weighted by molar-refractivity contribution is -0.129. The van der Waals surface area contributed by atoms with Crippen LogP contribution in [0, 0.1) is 11.6 Å². The zero-order chi connectivity index (χ0) is 20.1. The zero-order valence-electron chi connectivity index (χ0n) is 16.1. The van der Waals surface area contributed by atoms with Crippen molar-refractivity contribution in [3.63, 3.8) is 0 Å². The molecule has 0 bridgehead atoms. The van der Waals surface area contributed by atoms with E-state index in [4.69, 9.17) is 9.47 Å². The van der Waals surface area contributed by atoms with Gasteiger partial charge in [0.1, 0.15) is 11.6 Å². The molecule has 1 aliphatic rings. The Hall–Kier alpha value is -2.31. The van der Waals surface area contributed by atoms with Crippen LogP contribution in [-0.2, 0) is 14.3 Å². The second-order valence-electron chi connectivity index (χ2n) is 7.48. The van der Waals surface area contributed by atoms with Crippen molar-refractivity contribution in [1.29, 1.82) is 0 Å². The van der Waals surface area contributed by atoms with Crippen LogP contribution >= 0.6 is 0 Å². The molecule has 28 heavy (non-hydrogen) atoms. The molecule has 150 valence electrons. The number of ether oxygens (including phenoxy) is 2. The Labute approximate surface area is 163 Å². The van der Waals surface area contributed by atoms with Crippen LogP contribution in [0.1, 0.15) is 49.5 Å². The number of carbonyl (C=O) groups is 1. The predicted molar refractivity (Wildman–Crippen MR) is 102 cm³/mol. The topological polar surface area (TPSA) is 47.6 Å². The molecule has 1 heterocycles. The Morgan fingerprint density at radius 1 is 1.04 bits per heavy atom. The molecule has 2 aromatic rings. The molecule has 0 saturated carbocycles. The van der Waals surface area contributed by atoms with Crippen molar-refractivity contribution >= 4 is 5.91 Å². The normalized spacial score (nSPS) is 24.7. The highest BCUT2D eigenvalue weighted by Gasteiger charge is 2.40. The number of nitrogens with one attached hydrogen (secondary N) is 1. The summed E-state index contributed by atoms with van der Waals surface area (Å²) in [4.78, 5) is 12.3. The summed E-state index contributed by atoms with van der Waals surface area (Å²) in [5.41, 5.74) is 1.15. The van der Waals surface area contributed by atoms with Crippen molar-refractivity contribution < 1.29 is 23.0 Å². The maximum Gasteiger partial charge on any atom is 0.222 e. The van der Waals surface area contributed by atoms with Crippen LogP contribution in [-0.4, -0.2) is 25.2 Å². The lowest BCUT2D eigenvalue weighted by Gasteiger charge is -2.43. The first-order valence-electron chi connectivity index (χ1n) is 9.35. The summed E-state index contributed by atoms with van der Waals surface area (Å²) in [6.45, 7) is 2.33. The number of benzene rings is 2. The zero-order valence-corrected chi connectivity index (χ0v) is 16.1. The quantitative estimate of drug-likeness (QED) is 0.793. The highest BCUT2D eigenvalue weighted by Crippen LogP contribution is 2.43. The summed E-state index contributed by atoms with van der Waals surface area (Å²) in [5, 5.41) is 3.11. The van der Waals surface area contributed by atoms with Gasteiger partial charge >= 0.3 is 0 Å². The number of methoxy groups -OCH3 is 1. The Bertz CT molecular complexity index is 739. The van der Waals surface area contributed by atoms with Crippen molar-refractivity contribution in [2.45, 2.75) is 43.9 Å². The molecule has 4 nitrogen and oxygen atoms in total. The minimum atomic E-state index is -0.527. The van der Waals surface area contributed by atoms with E-state index in [1.807, 2.05) is 6.92 Å². The van der Waals surface area contributed by atoms with Gasteiger partial charge < -0.3 is 14.8 Å². The van der Waals surface area contributed by atoms with Gasteiger partial charge in [0.25, 0.3) is 0 Å². The van der Waals surface area contributed by atoms with Gasteiger partial charge in [0.05, 0.1) is 18.8 Å². The average molecular weight is 389 g/mol. The van der Waals surface area contributed by atoms with E-state index in [0.717, 1.165) is 11.1 Å². The van der Waals surface area contributed by atoms with E-state index < -0.39 is 5.54 Å². The smallest absolute Gasteiger partial charge is 0.222 e. The number of hydrogen-bond donors (Lipinski definition) is 1. The molecule has 0 aliphatic carbocycles. The summed E-state index contributed by atoms with van der Waals surface area (Å²) in [5.74, 6) is -0.725. The van der Waals surface area contributed by atoms with Gasteiger partial charge in [-0.05, 0) is 42.3 Å². The molecular weight excluding hydrogens is 364 g/mol. The van der Waals surface area contributed by atoms with E-state index in [0.29, 0.717) is 19.4 Å². The second-order valence-corrected chi connectivity index (χ2v) is 7.48. The van der Waals surface area contributed by atoms with Crippen LogP contribution in [0.25, 0.3) is 0 Å². The predicted octanol–water partition coefficient (Wildman–Crippen LogP) is 4.47. The molecule has 1 saturated heterocycles. The maximum atomic E-state index is 13.3. The molecule has 3 atom stereocenters. The van der Waals surface area contributed by atoms with Gasteiger partial charge in [-0.25, -0.2) is 8.78 Å². The highest BCUT2D eigenvalue weighted by molar-refractivity contribution is 5.76. The van der Waals surface area contributed by atoms with Crippen LogP contribution in [0.5, 0.6) is 0 Å². The Morgan fingerprint density at radius 3 is 1.93 bits per heavy atom. The largest absolute Gasteiger partial charge is 0.384 e. The monoisotopic (exact) mass is 389 g/mol. The summed E-state index contributed by atoms with van der Waals surface area (Å²) >= 11 is 0. The number of amides is 1. The first kappa shape index (κ1) is 20.4. The summed E-state index contributed by atoms with van der Waals surface area (Å²) < 4.78 is 37.9. The number of hydrogen-bond acceptors (Lipinski definition) is 3. The van der Waals surface area contributed by atoms with Crippen LogP contribution < -0.4 is 5.32 Å². The van der Waals surface area contributed by atoms with E-state index in [1.54, 1.807) is 31.4 Å². The van der Waals surface area contributed by atoms with E-state index in [9.17, 15) is 13.6 Å². The highest BCUT2D eigenvalue weighted by atomic mass is 19.1. The van der Waals surface area contributed by atoms with Crippen LogP contribution in [0.3, 0.4) is 0 Å². The lowest BCUT2D eigenvalue weighted by Crippen LogP contribution is -2.51. The Morgan fingerprint density at radius 2 is 1.50 bits per heavy atom. The third-order valence-electron chi connectivity index (χ3n) is 5.06. The Kier molecular flexibility index (Phi) is 6.42. The van der Waals surface area contributed by atoms with Gasteiger partial charge in [0.15, 0.2) is 0 Å². The first-order valence-corrected chi connectivity index (χ1v) is 9.35. The maximum absolute atomic E-state index is 13.3. The molecule has 1 N–H and O–H groups in total. The van der Waals surface area contributed by atoms with E-state index in [1.165, 1.54) is 24.3 Å². The molecule has 2 aromatic carbocycles. The molecule has 0 aromatic heterocycles. The van der Waals surface area contributed by atoms with Gasteiger partial charge in [-0.2, -0.15) is 0 Å². The molecule has 6 heteroatoms. The van der Waals surface area contributed by atoms with Crippen molar-refractivity contribution in [1.82, 2.24) is 5.32 Å². The number of carbonyl (C=O) groups excluding carboxylic acids is 1. The molecule has 1 fully saturated rings. The number of halogens is 2. The Balaban J connectivity index is 1.85. The average Bonchev–Trinajstić information content (AvgIpc) is 2.66. The van der Waals surface area contributed by atoms with E-state index >= 15 is 0 Å². The molecule has 0 radical (unpaired) electrons. The van der Waals surface area contributed by atoms with Crippen molar-refractivity contribution in [2.24, 2.45) is 0 Å². The van der Waals surface area contributed by atoms with Crippen LogP contribution in [0.4, 0.5) is 8.78 Å². The summed E-state index contributed by atoms with van der Waals surface area (Å²) in [7, 11) is 1.55. The molecular formula is C22H25F2NO3. The standard InChI is InChI=1S/C22H25F2NO3/c1-22(25-21(26)11-12-27-2)13-19(15-3-7-17(23)8-4-15)28-20(14-22)16-5-9-18(24)10-6-16/h3-10,19-20H,11-14H2,1-2H3,(H,25,26)/t19-,20+,22?. The van der Waals surface area contributed by atoms with Gasteiger partial charge in [-0.15, -0.1) is 0 Å². The molecule has 1 amide bonds. The fourth-order valence-electron chi connectivity index (χ4n) is 3.64. The third kappa shape index (κ3) is 5.14. The first-order chi connectivity index (χ1) is 13.4.